The molecule has 0 aromatic heterocycles. The van der Waals surface area contributed by atoms with E-state index in [1.807, 2.05) is 24.1 Å². The lowest BCUT2D eigenvalue weighted by Gasteiger charge is -2.21. The molecule has 3 N–H and O–H groups in total. The van der Waals surface area contributed by atoms with Crippen LogP contribution in [0.2, 0.25) is 0 Å². The van der Waals surface area contributed by atoms with Crippen molar-refractivity contribution in [3.63, 3.8) is 0 Å². The van der Waals surface area contributed by atoms with E-state index < -0.39 is 5.97 Å². The van der Waals surface area contributed by atoms with Gasteiger partial charge >= 0.3 is 5.97 Å². The van der Waals surface area contributed by atoms with Gasteiger partial charge in [-0.25, -0.2) is 4.79 Å². The van der Waals surface area contributed by atoms with Crippen LogP contribution in [-0.4, -0.2) is 18.1 Å². The average molecular weight is 281 g/mol. The van der Waals surface area contributed by atoms with Gasteiger partial charge in [-0.15, -0.1) is 0 Å². The predicted molar refractivity (Wildman–Crippen MR) is 81.1 cm³/mol. The van der Waals surface area contributed by atoms with Gasteiger partial charge in [0.2, 0.25) is 0 Å². The van der Waals surface area contributed by atoms with E-state index in [9.17, 15) is 9.90 Å². The summed E-state index contributed by atoms with van der Waals surface area (Å²) in [6.45, 7) is 0.353. The van der Waals surface area contributed by atoms with Crippen LogP contribution >= 0.6 is 0 Å². The van der Waals surface area contributed by atoms with Crippen LogP contribution in [0.15, 0.2) is 42.5 Å². The number of anilines is 2. The molecule has 5 nitrogen and oxygen atoms in total. The third-order valence-electron chi connectivity index (χ3n) is 3.24. The van der Waals surface area contributed by atoms with Crippen LogP contribution in [0.1, 0.15) is 21.5 Å². The van der Waals surface area contributed by atoms with Crippen molar-refractivity contribution in [3.05, 3.63) is 59.2 Å². The third-order valence-corrected chi connectivity index (χ3v) is 3.24. The number of carbonyl (C=O) groups is 1. The van der Waals surface area contributed by atoms with Crippen LogP contribution in [0.4, 0.5) is 11.4 Å². The number of carboxylic acids is 1. The molecule has 0 bridgehead atoms. The first-order chi connectivity index (χ1) is 10.0. The lowest BCUT2D eigenvalue weighted by Crippen LogP contribution is -2.20. The lowest BCUT2D eigenvalue weighted by molar-refractivity contribution is 0.0697. The van der Waals surface area contributed by atoms with E-state index in [1.165, 1.54) is 0 Å². The van der Waals surface area contributed by atoms with Gasteiger partial charge in [-0.1, -0.05) is 24.3 Å². The predicted octanol–water partition coefficient (Wildman–Crippen LogP) is 2.48. The number of carboxylic acid groups (broad SMARTS) is 1. The summed E-state index contributed by atoms with van der Waals surface area (Å²) in [5.74, 6) is -1.05. The third kappa shape index (κ3) is 2.95. The molecular weight excluding hydrogens is 266 g/mol. The molecule has 0 amide bonds. The zero-order valence-electron chi connectivity index (χ0n) is 11.6. The smallest absolute Gasteiger partial charge is 0.338 e. The molecule has 0 fully saturated rings. The number of nitriles is 1. The van der Waals surface area contributed by atoms with Gasteiger partial charge in [0.05, 0.1) is 16.8 Å². The number of para-hydroxylation sites is 1. The van der Waals surface area contributed by atoms with Crippen LogP contribution in [0.25, 0.3) is 0 Å². The van der Waals surface area contributed by atoms with Gasteiger partial charge in [-0.05, 0) is 23.8 Å². The second-order valence-corrected chi connectivity index (χ2v) is 4.67. The van der Waals surface area contributed by atoms with Crippen molar-refractivity contribution in [2.24, 2.45) is 0 Å². The Morgan fingerprint density at radius 3 is 2.67 bits per heavy atom. The van der Waals surface area contributed by atoms with Crippen molar-refractivity contribution in [1.29, 1.82) is 5.26 Å². The topological polar surface area (TPSA) is 90.3 Å². The molecule has 2 rings (SSSR count). The van der Waals surface area contributed by atoms with E-state index in [0.29, 0.717) is 17.7 Å². The molecule has 5 heteroatoms. The quantitative estimate of drug-likeness (QED) is 0.840. The normalized spacial score (nSPS) is 9.90. The molecule has 2 aromatic carbocycles. The van der Waals surface area contributed by atoms with Crippen molar-refractivity contribution in [3.8, 4) is 6.07 Å². The van der Waals surface area contributed by atoms with Crippen LogP contribution in [0, 0.1) is 11.3 Å². The number of nitrogen functional groups attached to an aromatic ring is 1. The maximum absolute atomic E-state index is 11.3. The minimum atomic E-state index is -1.05. The largest absolute Gasteiger partial charge is 0.478 e. The van der Waals surface area contributed by atoms with E-state index in [-0.39, 0.29) is 11.3 Å². The average Bonchev–Trinajstić information content (AvgIpc) is 2.46. The Morgan fingerprint density at radius 1 is 1.29 bits per heavy atom. The molecule has 21 heavy (non-hydrogen) atoms. The molecule has 0 unspecified atom stereocenters. The van der Waals surface area contributed by atoms with E-state index in [4.69, 9.17) is 11.0 Å². The van der Waals surface area contributed by atoms with E-state index in [0.717, 1.165) is 5.69 Å². The van der Waals surface area contributed by atoms with Gasteiger partial charge in [-0.2, -0.15) is 5.26 Å². The zero-order chi connectivity index (χ0) is 15.4. The highest BCUT2D eigenvalue weighted by molar-refractivity contribution is 5.95. The first kappa shape index (κ1) is 14.4. The first-order valence-electron chi connectivity index (χ1n) is 6.35. The number of hydrogen-bond acceptors (Lipinski definition) is 4. The summed E-state index contributed by atoms with van der Waals surface area (Å²) in [6.07, 6.45) is 0. The van der Waals surface area contributed by atoms with Gasteiger partial charge in [0.25, 0.3) is 0 Å². The fraction of sp³-hybridized carbons (Fsp3) is 0.125. The molecule has 0 aliphatic heterocycles. The van der Waals surface area contributed by atoms with Crippen LogP contribution in [-0.2, 0) is 6.54 Å². The standard InChI is InChI=1S/C16H15N3O2/c1-19(14-8-3-2-5-11(14)9-17)10-12-6-4-7-13(18)15(12)16(20)21/h2-8H,10,18H2,1H3,(H,20,21). The Kier molecular flexibility index (Phi) is 4.10. The molecule has 0 saturated heterocycles. The molecule has 106 valence electrons. The van der Waals surface area contributed by atoms with Crippen molar-refractivity contribution >= 4 is 17.3 Å². The Balaban J connectivity index is 2.37. The monoisotopic (exact) mass is 281 g/mol. The van der Waals surface area contributed by atoms with Gasteiger partial charge in [-0.3, -0.25) is 0 Å². The second-order valence-electron chi connectivity index (χ2n) is 4.67. The van der Waals surface area contributed by atoms with E-state index in [1.54, 1.807) is 30.3 Å². The Morgan fingerprint density at radius 2 is 2.00 bits per heavy atom. The summed E-state index contributed by atoms with van der Waals surface area (Å²) in [4.78, 5) is 13.2. The van der Waals surface area contributed by atoms with Crippen LogP contribution < -0.4 is 10.6 Å². The maximum Gasteiger partial charge on any atom is 0.338 e. The Bertz CT molecular complexity index is 720. The fourth-order valence-corrected chi connectivity index (χ4v) is 2.25. The van der Waals surface area contributed by atoms with Crippen molar-refractivity contribution < 1.29 is 9.90 Å². The van der Waals surface area contributed by atoms with Crippen molar-refractivity contribution in [2.75, 3.05) is 17.7 Å². The zero-order valence-corrected chi connectivity index (χ0v) is 11.6. The molecule has 0 aliphatic rings. The summed E-state index contributed by atoms with van der Waals surface area (Å²) in [5, 5.41) is 18.4. The fourth-order valence-electron chi connectivity index (χ4n) is 2.25. The van der Waals surface area contributed by atoms with E-state index >= 15 is 0 Å². The molecule has 0 spiro atoms. The Hall–Kier alpha value is -3.00. The molecule has 0 aliphatic carbocycles. The van der Waals surface area contributed by atoms with Gasteiger partial charge in [0.1, 0.15) is 6.07 Å². The lowest BCUT2D eigenvalue weighted by atomic mass is 10.0. The number of aromatic carboxylic acids is 1. The second kappa shape index (κ2) is 5.97. The molecule has 0 saturated carbocycles. The molecule has 0 atom stereocenters. The summed E-state index contributed by atoms with van der Waals surface area (Å²) >= 11 is 0. The number of hydrogen-bond donors (Lipinski definition) is 2. The maximum atomic E-state index is 11.3. The highest BCUT2D eigenvalue weighted by Gasteiger charge is 2.16. The summed E-state index contributed by atoms with van der Waals surface area (Å²) in [5.41, 5.74) is 7.99. The minimum absolute atomic E-state index is 0.110. The highest BCUT2D eigenvalue weighted by atomic mass is 16.4. The summed E-state index contributed by atoms with van der Waals surface area (Å²) in [7, 11) is 1.81. The van der Waals surface area contributed by atoms with Gasteiger partial charge in [0, 0.05) is 19.3 Å². The molecular formula is C16H15N3O2. The number of nitrogens with zero attached hydrogens (tertiary/aromatic N) is 2. The molecule has 0 radical (unpaired) electrons. The van der Waals surface area contributed by atoms with Crippen molar-refractivity contribution in [2.45, 2.75) is 6.54 Å². The van der Waals surface area contributed by atoms with Gasteiger partial charge in [0.15, 0.2) is 0 Å². The minimum Gasteiger partial charge on any atom is -0.478 e. The van der Waals surface area contributed by atoms with Crippen LogP contribution in [0.5, 0.6) is 0 Å². The number of nitrogens with two attached hydrogens (primary N) is 1. The number of benzene rings is 2. The SMILES string of the molecule is CN(Cc1cccc(N)c1C(=O)O)c1ccccc1C#N. The van der Waals surface area contributed by atoms with Gasteiger partial charge < -0.3 is 15.7 Å². The molecule has 0 heterocycles. The summed E-state index contributed by atoms with van der Waals surface area (Å²) in [6, 6.07) is 14.3. The van der Waals surface area contributed by atoms with E-state index in [2.05, 4.69) is 6.07 Å². The van der Waals surface area contributed by atoms with Crippen LogP contribution in [0.3, 0.4) is 0 Å². The first-order valence-corrected chi connectivity index (χ1v) is 6.35. The number of rotatable bonds is 4. The highest BCUT2D eigenvalue weighted by Crippen LogP contribution is 2.23. The molecule has 2 aromatic rings. The van der Waals surface area contributed by atoms with Crippen molar-refractivity contribution in [1.82, 2.24) is 0 Å². The summed E-state index contributed by atoms with van der Waals surface area (Å²) < 4.78 is 0. The Labute approximate surface area is 122 Å².